The Kier molecular flexibility index (Phi) is 2.01. The first kappa shape index (κ1) is 6.21. The fourth-order valence-electron chi connectivity index (χ4n) is 0.457. The van der Waals surface area contributed by atoms with E-state index >= 15 is 0 Å². The van der Waals surface area contributed by atoms with Crippen LogP contribution in [0.1, 0.15) is 0 Å². The van der Waals surface area contributed by atoms with Gasteiger partial charge in [-0.15, -0.1) is 0 Å². The van der Waals surface area contributed by atoms with E-state index in [0.29, 0.717) is 0 Å². The zero-order chi connectivity index (χ0) is 5.98. The first-order valence-corrected chi connectivity index (χ1v) is 3.56. The fourth-order valence-corrected chi connectivity index (χ4v) is 0.925. The fraction of sp³-hybridized carbons (Fsp3) is 0. The molecule has 0 nitrogen and oxygen atoms in total. The van der Waals surface area contributed by atoms with E-state index in [0.717, 1.165) is 9.36 Å². The van der Waals surface area contributed by atoms with Crippen molar-refractivity contribution in [1.29, 1.82) is 0 Å². The summed E-state index contributed by atoms with van der Waals surface area (Å²) < 4.78 is 1.11. The molecule has 0 aliphatic rings. The number of thiol groups is 1. The van der Waals surface area contributed by atoms with Crippen LogP contribution in [0.25, 0.3) is 0 Å². The van der Waals surface area contributed by atoms with Crippen LogP contribution >= 0.6 is 12.6 Å². The van der Waals surface area contributed by atoms with Gasteiger partial charge >= 0.3 is 62.3 Å². The molecule has 0 bridgehead atoms. The first-order chi connectivity index (χ1) is 3.80. The molecule has 0 saturated carbocycles. The monoisotopic (exact) mass is 189 g/mol. The first-order valence-electron chi connectivity index (χ1n) is 2.26. The summed E-state index contributed by atoms with van der Waals surface area (Å²) >= 11 is 7.06. The van der Waals surface area contributed by atoms with Crippen LogP contribution in [0.4, 0.5) is 0 Å². The Bertz CT molecular complexity index is 165. The average molecular weight is 188 g/mol. The predicted molar refractivity (Wildman–Crippen MR) is 39.1 cm³/mol. The van der Waals surface area contributed by atoms with Gasteiger partial charge in [0.15, 0.2) is 0 Å². The van der Waals surface area contributed by atoms with E-state index in [1.54, 1.807) is 0 Å². The molecule has 0 aliphatic heterocycles. The van der Waals surface area contributed by atoms with Crippen LogP contribution in [-0.4, -0.2) is 16.0 Å². The number of hydrogen-bond donors (Lipinski definition) is 1. The van der Waals surface area contributed by atoms with Gasteiger partial charge in [0.2, 0.25) is 0 Å². The molecule has 0 heterocycles. The van der Waals surface area contributed by atoms with Crippen molar-refractivity contribution in [1.82, 2.24) is 0 Å². The summed E-state index contributed by atoms with van der Waals surface area (Å²) in [6.07, 6.45) is 0. The molecule has 8 heavy (non-hydrogen) atoms. The topological polar surface area (TPSA) is 0 Å². The van der Waals surface area contributed by atoms with Gasteiger partial charge in [0.1, 0.15) is 0 Å². The zero-order valence-corrected chi connectivity index (χ0v) is 6.77. The van der Waals surface area contributed by atoms with Crippen molar-refractivity contribution >= 4 is 33.1 Å². The van der Waals surface area contributed by atoms with E-state index in [2.05, 4.69) is 28.6 Å². The van der Waals surface area contributed by atoms with Gasteiger partial charge in [-0.25, -0.2) is 0 Å². The molecular formula is C6H5SSe. The summed E-state index contributed by atoms with van der Waals surface area (Å²) in [5.41, 5.74) is 0. The Balaban J connectivity index is 3.13. The molecule has 1 rings (SSSR count). The van der Waals surface area contributed by atoms with Crippen LogP contribution in [0.5, 0.6) is 0 Å². The van der Waals surface area contributed by atoms with Crippen molar-refractivity contribution in [3.05, 3.63) is 24.3 Å². The van der Waals surface area contributed by atoms with E-state index < -0.39 is 0 Å². The average Bonchev–Trinajstić information content (AvgIpc) is 1.77. The van der Waals surface area contributed by atoms with Gasteiger partial charge in [0, 0.05) is 0 Å². The van der Waals surface area contributed by atoms with Gasteiger partial charge in [-0.05, 0) is 0 Å². The maximum absolute atomic E-state index is 4.17. The summed E-state index contributed by atoms with van der Waals surface area (Å²) in [5, 5.41) is 0. The van der Waals surface area contributed by atoms with Crippen LogP contribution in [0.2, 0.25) is 0 Å². The van der Waals surface area contributed by atoms with Crippen molar-refractivity contribution < 1.29 is 0 Å². The molecule has 0 spiro atoms. The van der Waals surface area contributed by atoms with Crippen molar-refractivity contribution in [3.8, 4) is 0 Å². The van der Waals surface area contributed by atoms with Crippen LogP contribution in [0, 0.1) is 0 Å². The molecule has 0 atom stereocenters. The zero-order valence-electron chi connectivity index (χ0n) is 4.16. The van der Waals surface area contributed by atoms with Crippen LogP contribution < -0.4 is 4.46 Å². The Morgan fingerprint density at radius 1 is 1.25 bits per heavy atom. The molecule has 0 amide bonds. The van der Waals surface area contributed by atoms with Gasteiger partial charge in [0.05, 0.1) is 0 Å². The SMILES string of the molecule is Sc1ccccc1[Se]. The number of rotatable bonds is 0. The Hall–Kier alpha value is 0.0895. The van der Waals surface area contributed by atoms with E-state index in [-0.39, 0.29) is 0 Å². The second-order valence-electron chi connectivity index (χ2n) is 1.47. The van der Waals surface area contributed by atoms with Crippen molar-refractivity contribution in [3.63, 3.8) is 0 Å². The quantitative estimate of drug-likeness (QED) is 0.451. The van der Waals surface area contributed by atoms with Gasteiger partial charge < -0.3 is 0 Å². The summed E-state index contributed by atoms with van der Waals surface area (Å²) in [6.45, 7) is 0. The molecule has 0 saturated heterocycles. The molecule has 0 aromatic heterocycles. The van der Waals surface area contributed by atoms with Crippen LogP contribution in [0.3, 0.4) is 0 Å². The molecule has 41 valence electrons. The molecular weight excluding hydrogens is 183 g/mol. The second kappa shape index (κ2) is 2.58. The Morgan fingerprint density at radius 3 is 2.25 bits per heavy atom. The van der Waals surface area contributed by atoms with Crippen molar-refractivity contribution in [2.24, 2.45) is 0 Å². The standard InChI is InChI=1S/C6H5SSe/c7-5-3-1-2-4-6(5)8/h1-4,7H. The number of hydrogen-bond acceptors (Lipinski definition) is 1. The molecule has 1 aromatic rings. The summed E-state index contributed by atoms with van der Waals surface area (Å²) in [6, 6.07) is 7.88. The molecule has 0 aliphatic carbocycles. The van der Waals surface area contributed by atoms with Gasteiger partial charge in [-0.3, -0.25) is 0 Å². The molecule has 0 N–H and O–H groups in total. The van der Waals surface area contributed by atoms with Gasteiger partial charge in [-0.1, -0.05) is 0 Å². The van der Waals surface area contributed by atoms with Crippen LogP contribution in [-0.2, 0) is 0 Å². The van der Waals surface area contributed by atoms with E-state index in [4.69, 9.17) is 0 Å². The molecule has 0 fully saturated rings. The summed E-state index contributed by atoms with van der Waals surface area (Å²) in [7, 11) is 0. The van der Waals surface area contributed by atoms with Gasteiger partial charge in [0.25, 0.3) is 0 Å². The third-order valence-electron chi connectivity index (χ3n) is 0.865. The molecule has 1 radical (unpaired) electrons. The predicted octanol–water partition coefficient (Wildman–Crippen LogP) is 0.769. The summed E-state index contributed by atoms with van der Waals surface area (Å²) in [5.74, 6) is 0. The number of benzene rings is 1. The van der Waals surface area contributed by atoms with Crippen molar-refractivity contribution in [2.45, 2.75) is 4.90 Å². The molecule has 0 unspecified atom stereocenters. The van der Waals surface area contributed by atoms with E-state index in [1.807, 2.05) is 24.3 Å². The minimum atomic E-state index is 1.01. The van der Waals surface area contributed by atoms with Gasteiger partial charge in [-0.2, -0.15) is 0 Å². The summed E-state index contributed by atoms with van der Waals surface area (Å²) in [4.78, 5) is 1.01. The van der Waals surface area contributed by atoms with Crippen molar-refractivity contribution in [2.75, 3.05) is 0 Å². The maximum atomic E-state index is 4.17. The van der Waals surface area contributed by atoms with E-state index in [9.17, 15) is 0 Å². The third kappa shape index (κ3) is 1.28. The second-order valence-corrected chi connectivity index (χ2v) is 2.87. The molecule has 1 aromatic carbocycles. The Labute approximate surface area is 62.5 Å². The Morgan fingerprint density at radius 2 is 1.88 bits per heavy atom. The normalized spacial score (nSPS) is 9.12. The van der Waals surface area contributed by atoms with Crippen LogP contribution in [0.15, 0.2) is 29.2 Å². The minimum absolute atomic E-state index is 1.01. The van der Waals surface area contributed by atoms with E-state index in [1.165, 1.54) is 0 Å². The third-order valence-corrected chi connectivity index (χ3v) is 2.34. The molecule has 2 heteroatoms.